The number of amides is 1. The molecule has 6 heteroatoms. The first-order valence-electron chi connectivity index (χ1n) is 5.04. The van der Waals surface area contributed by atoms with Crippen LogP contribution in [0.3, 0.4) is 0 Å². The van der Waals surface area contributed by atoms with Crippen LogP contribution in [0.5, 0.6) is 0 Å². The van der Waals surface area contributed by atoms with E-state index in [4.69, 9.17) is 0 Å². The SMILES string of the molecule is COC(=O)C(CSCCN(C)C)NC(C)=O. The molecule has 0 rings (SSSR count). The Balaban J connectivity index is 3.92. The summed E-state index contributed by atoms with van der Waals surface area (Å²) in [6.45, 7) is 2.33. The molecule has 0 aliphatic rings. The molecule has 1 atom stereocenters. The van der Waals surface area contributed by atoms with E-state index in [2.05, 4.69) is 15.0 Å². The second-order valence-electron chi connectivity index (χ2n) is 3.65. The fourth-order valence-corrected chi connectivity index (χ4v) is 2.12. The number of hydrogen-bond acceptors (Lipinski definition) is 5. The lowest BCUT2D eigenvalue weighted by molar-refractivity contribution is -0.144. The predicted octanol–water partition coefficient (Wildman–Crippen LogP) is -0.0411. The summed E-state index contributed by atoms with van der Waals surface area (Å²) >= 11 is 1.62. The zero-order valence-electron chi connectivity index (χ0n) is 10.3. The summed E-state index contributed by atoms with van der Waals surface area (Å²) in [7, 11) is 5.31. The van der Waals surface area contributed by atoms with E-state index in [-0.39, 0.29) is 5.91 Å². The standard InChI is InChI=1S/C10H20N2O3S/c1-8(13)11-9(10(14)15-4)7-16-6-5-12(2)3/h9H,5-7H2,1-4H3,(H,11,13). The maximum Gasteiger partial charge on any atom is 0.329 e. The van der Waals surface area contributed by atoms with Gasteiger partial charge in [-0.25, -0.2) is 4.79 Å². The Kier molecular flexibility index (Phi) is 8.01. The van der Waals surface area contributed by atoms with Gasteiger partial charge in [0.2, 0.25) is 5.91 Å². The Morgan fingerprint density at radius 3 is 2.50 bits per heavy atom. The number of ether oxygens (including phenoxy) is 1. The van der Waals surface area contributed by atoms with Crippen LogP contribution < -0.4 is 5.32 Å². The van der Waals surface area contributed by atoms with Gasteiger partial charge in [-0.2, -0.15) is 11.8 Å². The molecule has 0 aromatic carbocycles. The molecule has 0 aliphatic heterocycles. The highest BCUT2D eigenvalue weighted by Gasteiger charge is 2.19. The molecule has 1 unspecified atom stereocenters. The maximum absolute atomic E-state index is 11.3. The molecule has 0 heterocycles. The zero-order valence-corrected chi connectivity index (χ0v) is 11.1. The fourth-order valence-electron chi connectivity index (χ4n) is 1.00. The van der Waals surface area contributed by atoms with Crippen molar-refractivity contribution in [3.8, 4) is 0 Å². The van der Waals surface area contributed by atoms with E-state index in [1.165, 1.54) is 14.0 Å². The van der Waals surface area contributed by atoms with Gasteiger partial charge in [-0.15, -0.1) is 0 Å². The Labute approximate surface area is 101 Å². The number of esters is 1. The molecule has 0 aromatic rings. The van der Waals surface area contributed by atoms with Crippen LogP contribution in [0, 0.1) is 0 Å². The number of carbonyl (C=O) groups is 2. The van der Waals surface area contributed by atoms with Gasteiger partial charge in [0.1, 0.15) is 6.04 Å². The minimum Gasteiger partial charge on any atom is -0.467 e. The summed E-state index contributed by atoms with van der Waals surface area (Å²) in [5, 5.41) is 2.57. The lowest BCUT2D eigenvalue weighted by Gasteiger charge is -2.15. The summed E-state index contributed by atoms with van der Waals surface area (Å²) in [6, 6.07) is -0.547. The van der Waals surface area contributed by atoms with Crippen LogP contribution in [-0.2, 0) is 14.3 Å². The number of methoxy groups -OCH3 is 1. The minimum absolute atomic E-state index is 0.219. The largest absolute Gasteiger partial charge is 0.467 e. The van der Waals surface area contributed by atoms with Gasteiger partial charge in [0.25, 0.3) is 0 Å². The van der Waals surface area contributed by atoms with Gasteiger partial charge in [-0.3, -0.25) is 4.79 Å². The number of nitrogens with one attached hydrogen (secondary N) is 1. The Hall–Kier alpha value is -0.750. The summed E-state index contributed by atoms with van der Waals surface area (Å²) in [6.07, 6.45) is 0. The highest BCUT2D eigenvalue weighted by atomic mass is 32.2. The highest BCUT2D eigenvalue weighted by Crippen LogP contribution is 2.04. The van der Waals surface area contributed by atoms with Crippen molar-refractivity contribution in [2.45, 2.75) is 13.0 Å². The molecule has 5 nitrogen and oxygen atoms in total. The molecule has 94 valence electrons. The van der Waals surface area contributed by atoms with Gasteiger partial charge in [-0.1, -0.05) is 0 Å². The van der Waals surface area contributed by atoms with E-state index in [9.17, 15) is 9.59 Å². The maximum atomic E-state index is 11.3. The normalized spacial score (nSPS) is 12.3. The first kappa shape index (κ1) is 15.2. The third-order valence-corrected chi connectivity index (χ3v) is 2.87. The Morgan fingerprint density at radius 2 is 2.06 bits per heavy atom. The van der Waals surface area contributed by atoms with Crippen molar-refractivity contribution in [2.24, 2.45) is 0 Å². The average Bonchev–Trinajstić information content (AvgIpc) is 2.20. The lowest BCUT2D eigenvalue weighted by atomic mass is 10.3. The Morgan fingerprint density at radius 1 is 1.44 bits per heavy atom. The van der Waals surface area contributed by atoms with Crippen molar-refractivity contribution in [1.29, 1.82) is 0 Å². The molecule has 0 fully saturated rings. The van der Waals surface area contributed by atoms with Gasteiger partial charge in [0, 0.05) is 25.0 Å². The summed E-state index contributed by atoms with van der Waals surface area (Å²) in [5.74, 6) is 0.844. The van der Waals surface area contributed by atoms with E-state index < -0.39 is 12.0 Å². The van der Waals surface area contributed by atoms with Crippen molar-refractivity contribution in [1.82, 2.24) is 10.2 Å². The molecular weight excluding hydrogens is 228 g/mol. The van der Waals surface area contributed by atoms with Crippen LogP contribution in [0.1, 0.15) is 6.92 Å². The quantitative estimate of drug-likeness (QED) is 0.506. The topological polar surface area (TPSA) is 58.6 Å². The summed E-state index contributed by atoms with van der Waals surface area (Å²) in [4.78, 5) is 24.3. The smallest absolute Gasteiger partial charge is 0.329 e. The minimum atomic E-state index is -0.547. The number of carbonyl (C=O) groups excluding carboxylic acids is 2. The van der Waals surface area contributed by atoms with E-state index in [0.717, 1.165) is 12.3 Å². The van der Waals surface area contributed by atoms with Crippen LogP contribution >= 0.6 is 11.8 Å². The van der Waals surface area contributed by atoms with Crippen LogP contribution in [0.25, 0.3) is 0 Å². The van der Waals surface area contributed by atoms with Crippen molar-refractivity contribution < 1.29 is 14.3 Å². The van der Waals surface area contributed by atoms with Crippen molar-refractivity contribution in [3.05, 3.63) is 0 Å². The third-order valence-electron chi connectivity index (χ3n) is 1.83. The van der Waals surface area contributed by atoms with Gasteiger partial charge in [0.05, 0.1) is 7.11 Å². The van der Waals surface area contributed by atoms with E-state index >= 15 is 0 Å². The first-order chi connectivity index (χ1) is 7.47. The molecule has 1 N–H and O–H groups in total. The molecule has 16 heavy (non-hydrogen) atoms. The van der Waals surface area contributed by atoms with Crippen LogP contribution in [-0.4, -0.2) is 62.1 Å². The van der Waals surface area contributed by atoms with Gasteiger partial charge >= 0.3 is 5.97 Å². The van der Waals surface area contributed by atoms with E-state index in [0.29, 0.717) is 5.75 Å². The van der Waals surface area contributed by atoms with Gasteiger partial charge < -0.3 is 15.0 Å². The second-order valence-corrected chi connectivity index (χ2v) is 4.80. The summed E-state index contributed by atoms with van der Waals surface area (Å²) in [5.41, 5.74) is 0. The number of thioether (sulfide) groups is 1. The highest BCUT2D eigenvalue weighted by molar-refractivity contribution is 7.99. The molecule has 0 spiro atoms. The molecule has 0 aromatic heterocycles. The molecule has 0 saturated carbocycles. The molecule has 0 saturated heterocycles. The zero-order chi connectivity index (χ0) is 12.6. The molecule has 0 radical (unpaired) electrons. The number of rotatable bonds is 7. The average molecular weight is 248 g/mol. The van der Waals surface area contributed by atoms with Crippen LogP contribution in [0.15, 0.2) is 0 Å². The molecular formula is C10H20N2O3S. The first-order valence-corrected chi connectivity index (χ1v) is 6.20. The number of nitrogens with zero attached hydrogens (tertiary/aromatic N) is 1. The molecule has 1 amide bonds. The number of hydrogen-bond donors (Lipinski definition) is 1. The summed E-state index contributed by atoms with van der Waals surface area (Å²) < 4.78 is 4.61. The van der Waals surface area contributed by atoms with Gasteiger partial charge in [0.15, 0.2) is 0 Å². The third kappa shape index (κ3) is 7.53. The van der Waals surface area contributed by atoms with Crippen LogP contribution in [0.2, 0.25) is 0 Å². The predicted molar refractivity (Wildman–Crippen MR) is 65.5 cm³/mol. The van der Waals surface area contributed by atoms with E-state index in [1.54, 1.807) is 11.8 Å². The second kappa shape index (κ2) is 8.41. The molecule has 0 aliphatic carbocycles. The van der Waals surface area contributed by atoms with Gasteiger partial charge in [-0.05, 0) is 14.1 Å². The van der Waals surface area contributed by atoms with Crippen LogP contribution in [0.4, 0.5) is 0 Å². The fraction of sp³-hybridized carbons (Fsp3) is 0.800. The lowest BCUT2D eigenvalue weighted by Crippen LogP contribution is -2.42. The molecule has 0 bridgehead atoms. The van der Waals surface area contributed by atoms with Crippen molar-refractivity contribution in [2.75, 3.05) is 39.3 Å². The van der Waals surface area contributed by atoms with Crippen molar-refractivity contribution >= 4 is 23.6 Å². The van der Waals surface area contributed by atoms with Crippen molar-refractivity contribution in [3.63, 3.8) is 0 Å². The van der Waals surface area contributed by atoms with E-state index in [1.807, 2.05) is 14.1 Å². The Bertz CT molecular complexity index is 234. The monoisotopic (exact) mass is 248 g/mol.